The van der Waals surface area contributed by atoms with E-state index in [2.05, 4.69) is 15.7 Å². The van der Waals surface area contributed by atoms with Gasteiger partial charge in [0.15, 0.2) is 12.1 Å². The van der Waals surface area contributed by atoms with Gasteiger partial charge in [-0.2, -0.15) is 5.11 Å². The first-order valence-corrected chi connectivity index (χ1v) is 9.03. The van der Waals surface area contributed by atoms with E-state index in [0.29, 0.717) is 5.69 Å². The van der Waals surface area contributed by atoms with Crippen molar-refractivity contribution in [1.82, 2.24) is 5.01 Å². The lowest BCUT2D eigenvalue weighted by Gasteiger charge is -2.20. The summed E-state index contributed by atoms with van der Waals surface area (Å²) in [6.07, 6.45) is 0. The van der Waals surface area contributed by atoms with Crippen LogP contribution in [0, 0.1) is 19.7 Å². The number of rotatable bonds is 4. The largest absolute Gasteiger partial charge is 0.322 e. The second-order valence-electron chi connectivity index (χ2n) is 7.00. The Balaban J connectivity index is 1.51. The highest BCUT2D eigenvalue weighted by Gasteiger charge is 2.55. The van der Waals surface area contributed by atoms with E-state index in [4.69, 9.17) is 0 Å². The first kappa shape index (κ1) is 18.7. The van der Waals surface area contributed by atoms with Crippen LogP contribution >= 0.6 is 0 Å². The lowest BCUT2D eigenvalue weighted by molar-refractivity contribution is -0.123. The van der Waals surface area contributed by atoms with Crippen LogP contribution in [0.15, 0.2) is 52.8 Å². The number of carbonyl (C=O) groups is 3. The maximum absolute atomic E-state index is 13.7. The summed E-state index contributed by atoms with van der Waals surface area (Å²) in [7, 11) is 0. The summed E-state index contributed by atoms with van der Waals surface area (Å²) in [5, 5.41) is 11.3. The molecule has 0 spiro atoms. The summed E-state index contributed by atoms with van der Waals surface area (Å²) in [6, 6.07) is 9.06. The number of halogens is 1. The number of para-hydroxylation sites is 1. The maximum Gasteiger partial charge on any atom is 0.263 e. The number of imide groups is 1. The maximum atomic E-state index is 13.7. The van der Waals surface area contributed by atoms with Crippen LogP contribution in [-0.2, 0) is 14.4 Å². The molecule has 2 heterocycles. The molecule has 9 heteroatoms. The zero-order chi connectivity index (χ0) is 20.7. The lowest BCUT2D eigenvalue weighted by Crippen LogP contribution is -2.43. The molecule has 2 aliphatic rings. The molecular weight excluding hydrogens is 377 g/mol. The molecule has 3 amide bonds. The van der Waals surface area contributed by atoms with Crippen LogP contribution in [0.25, 0.3) is 0 Å². The standard InChI is InChI=1S/C20H18FN5O3/c1-11-7-8-13(9-12(11)2)26-19(28)17-18(20(26)29)25(24-23-17)10-16(27)22-15-6-4-3-5-14(15)21/h3-9,17-18H,10H2,1-2H3,(H,22,27)/t17-,18+/m0/s1. The second kappa shape index (κ2) is 7.08. The minimum absolute atomic E-state index is 0.0239. The van der Waals surface area contributed by atoms with E-state index in [1.807, 2.05) is 19.9 Å². The minimum atomic E-state index is -0.995. The van der Waals surface area contributed by atoms with Crippen molar-refractivity contribution in [1.29, 1.82) is 0 Å². The van der Waals surface area contributed by atoms with Crippen LogP contribution in [0.5, 0.6) is 0 Å². The normalized spacial score (nSPS) is 20.4. The van der Waals surface area contributed by atoms with Gasteiger partial charge in [-0.15, -0.1) is 0 Å². The van der Waals surface area contributed by atoms with Gasteiger partial charge in [0.05, 0.1) is 11.4 Å². The third-order valence-corrected chi connectivity index (χ3v) is 5.06. The van der Waals surface area contributed by atoms with Crippen molar-refractivity contribution in [3.8, 4) is 0 Å². The Bertz CT molecular complexity index is 1050. The summed E-state index contributed by atoms with van der Waals surface area (Å²) in [5.74, 6) is -2.12. The lowest BCUT2D eigenvalue weighted by atomic mass is 10.1. The van der Waals surface area contributed by atoms with Gasteiger partial charge in [-0.3, -0.25) is 19.4 Å². The summed E-state index contributed by atoms with van der Waals surface area (Å²) in [5.41, 5.74) is 2.47. The van der Waals surface area contributed by atoms with E-state index in [9.17, 15) is 18.8 Å². The highest BCUT2D eigenvalue weighted by Crippen LogP contribution is 2.32. The summed E-state index contributed by atoms with van der Waals surface area (Å²) in [6.45, 7) is 3.49. The predicted molar refractivity (Wildman–Crippen MR) is 103 cm³/mol. The Kier molecular flexibility index (Phi) is 4.57. The van der Waals surface area contributed by atoms with E-state index in [-0.39, 0.29) is 12.2 Å². The van der Waals surface area contributed by atoms with Crippen LogP contribution in [-0.4, -0.2) is 41.4 Å². The van der Waals surface area contributed by atoms with Crippen molar-refractivity contribution in [2.45, 2.75) is 25.9 Å². The number of hydrogen-bond acceptors (Lipinski definition) is 6. The van der Waals surface area contributed by atoms with Crippen molar-refractivity contribution in [2.75, 3.05) is 16.8 Å². The molecule has 2 atom stereocenters. The summed E-state index contributed by atoms with van der Waals surface area (Å²) < 4.78 is 13.7. The third-order valence-electron chi connectivity index (χ3n) is 5.06. The van der Waals surface area contributed by atoms with E-state index in [1.54, 1.807) is 18.2 Å². The molecule has 0 bridgehead atoms. The molecular formula is C20H18FN5O3. The van der Waals surface area contributed by atoms with Gasteiger partial charge in [0.2, 0.25) is 5.91 Å². The number of fused-ring (bicyclic) bond motifs is 1. The number of anilines is 2. The molecule has 2 aromatic rings. The zero-order valence-electron chi connectivity index (χ0n) is 15.8. The summed E-state index contributed by atoms with van der Waals surface area (Å²) in [4.78, 5) is 39.1. The fourth-order valence-electron chi connectivity index (χ4n) is 3.37. The number of benzene rings is 2. The van der Waals surface area contributed by atoms with Crippen LogP contribution in [0.3, 0.4) is 0 Å². The Morgan fingerprint density at radius 2 is 1.86 bits per heavy atom. The van der Waals surface area contributed by atoms with Gasteiger partial charge >= 0.3 is 0 Å². The van der Waals surface area contributed by atoms with Crippen molar-refractivity contribution in [2.24, 2.45) is 10.3 Å². The SMILES string of the molecule is Cc1ccc(N2C(=O)[C@H]3N=NN(CC(=O)Nc4ccccc4F)[C@H]3C2=O)cc1C. The second-order valence-corrected chi connectivity index (χ2v) is 7.00. The van der Waals surface area contributed by atoms with Gasteiger partial charge < -0.3 is 5.32 Å². The van der Waals surface area contributed by atoms with Crippen molar-refractivity contribution >= 4 is 29.1 Å². The van der Waals surface area contributed by atoms with Crippen molar-refractivity contribution < 1.29 is 18.8 Å². The first-order chi connectivity index (χ1) is 13.9. The van der Waals surface area contributed by atoms with Crippen LogP contribution in [0.1, 0.15) is 11.1 Å². The smallest absolute Gasteiger partial charge is 0.263 e. The third kappa shape index (κ3) is 3.24. The first-order valence-electron chi connectivity index (χ1n) is 9.03. The quantitative estimate of drug-likeness (QED) is 0.804. The number of amides is 3. The number of aryl methyl sites for hydroxylation is 2. The minimum Gasteiger partial charge on any atom is -0.322 e. The predicted octanol–water partition coefficient (Wildman–Crippen LogP) is 2.37. The van der Waals surface area contributed by atoms with Crippen LogP contribution < -0.4 is 10.2 Å². The molecule has 8 nitrogen and oxygen atoms in total. The molecule has 0 aromatic heterocycles. The Hall–Kier alpha value is -3.62. The highest BCUT2D eigenvalue weighted by atomic mass is 19.1. The fourth-order valence-corrected chi connectivity index (χ4v) is 3.37. The Morgan fingerprint density at radius 1 is 1.10 bits per heavy atom. The monoisotopic (exact) mass is 395 g/mol. The van der Waals surface area contributed by atoms with E-state index < -0.39 is 35.6 Å². The fraction of sp³-hybridized carbons (Fsp3) is 0.250. The Morgan fingerprint density at radius 3 is 2.59 bits per heavy atom. The average molecular weight is 395 g/mol. The molecule has 4 rings (SSSR count). The molecule has 0 unspecified atom stereocenters. The molecule has 148 valence electrons. The molecule has 0 radical (unpaired) electrons. The Labute approximate surface area is 166 Å². The molecule has 1 saturated heterocycles. The molecule has 0 saturated carbocycles. The van der Waals surface area contributed by atoms with Crippen molar-refractivity contribution in [3.05, 3.63) is 59.4 Å². The van der Waals surface area contributed by atoms with Gasteiger partial charge in [-0.05, 0) is 49.2 Å². The molecule has 1 N–H and O–H groups in total. The molecule has 1 fully saturated rings. The van der Waals surface area contributed by atoms with Crippen LogP contribution in [0.4, 0.5) is 15.8 Å². The molecule has 2 aromatic carbocycles. The van der Waals surface area contributed by atoms with Gasteiger partial charge in [0.1, 0.15) is 12.4 Å². The highest BCUT2D eigenvalue weighted by molar-refractivity contribution is 6.25. The topological polar surface area (TPSA) is 94.4 Å². The molecule has 29 heavy (non-hydrogen) atoms. The summed E-state index contributed by atoms with van der Waals surface area (Å²) >= 11 is 0. The van der Waals surface area contributed by atoms with Crippen molar-refractivity contribution in [3.63, 3.8) is 0 Å². The number of carbonyl (C=O) groups excluding carboxylic acids is 3. The number of nitrogens with one attached hydrogen (secondary N) is 1. The van der Waals surface area contributed by atoms with E-state index in [1.165, 1.54) is 23.2 Å². The van der Waals surface area contributed by atoms with Gasteiger partial charge in [0.25, 0.3) is 11.8 Å². The van der Waals surface area contributed by atoms with Gasteiger partial charge in [-0.25, -0.2) is 9.29 Å². The number of hydrogen-bond donors (Lipinski definition) is 1. The number of nitrogens with zero attached hydrogens (tertiary/aromatic N) is 4. The van der Waals surface area contributed by atoms with Gasteiger partial charge in [0, 0.05) is 0 Å². The van der Waals surface area contributed by atoms with E-state index >= 15 is 0 Å². The zero-order valence-corrected chi connectivity index (χ0v) is 15.8. The van der Waals surface area contributed by atoms with E-state index in [0.717, 1.165) is 16.0 Å². The van der Waals surface area contributed by atoms with Crippen LogP contribution in [0.2, 0.25) is 0 Å². The molecule has 2 aliphatic heterocycles. The van der Waals surface area contributed by atoms with Gasteiger partial charge in [-0.1, -0.05) is 23.4 Å². The average Bonchev–Trinajstić information content (AvgIpc) is 3.20. The molecule has 0 aliphatic carbocycles.